The Bertz CT molecular complexity index is 1310. The first-order valence-corrected chi connectivity index (χ1v) is 10.7. The van der Waals surface area contributed by atoms with Gasteiger partial charge in [-0.1, -0.05) is 53.3 Å². The lowest BCUT2D eigenvalue weighted by Crippen LogP contribution is -2.28. The molecule has 0 bridgehead atoms. The van der Waals surface area contributed by atoms with Gasteiger partial charge in [-0.15, -0.1) is 0 Å². The van der Waals surface area contributed by atoms with E-state index in [0.717, 1.165) is 34.0 Å². The van der Waals surface area contributed by atoms with Crippen molar-refractivity contribution < 1.29 is 14.0 Å². The minimum absolute atomic E-state index is 0.783. The first-order valence-electron chi connectivity index (χ1n) is 9.86. The van der Waals surface area contributed by atoms with Crippen LogP contribution in [0.2, 0.25) is 0 Å². The summed E-state index contributed by atoms with van der Waals surface area (Å²) in [7, 11) is 3.79. The minimum atomic E-state index is 0.783. The van der Waals surface area contributed by atoms with Gasteiger partial charge in [-0.3, -0.25) is 0 Å². The molecule has 148 valence electrons. The van der Waals surface area contributed by atoms with Gasteiger partial charge in [0.15, 0.2) is 0 Å². The van der Waals surface area contributed by atoms with Gasteiger partial charge in [-0.25, -0.2) is 0 Å². The van der Waals surface area contributed by atoms with Crippen LogP contribution in [0.15, 0.2) is 72.8 Å². The quantitative estimate of drug-likeness (QED) is 0.384. The molecule has 5 rings (SSSR count). The number of para-hydroxylation sites is 1. The Morgan fingerprint density at radius 1 is 1.00 bits per heavy atom. The van der Waals surface area contributed by atoms with E-state index in [1.807, 2.05) is 12.1 Å². The number of nitrogens with zero attached hydrogens (tertiary/aromatic N) is 1. The summed E-state index contributed by atoms with van der Waals surface area (Å²) in [5.41, 5.74) is 5.70. The number of thiazole rings is 1. The largest absolute Gasteiger partial charge is 0.497 e. The summed E-state index contributed by atoms with van der Waals surface area (Å²) in [6.45, 7) is 2.09. The molecule has 0 N–H and O–H groups in total. The molecule has 0 radical (unpaired) electrons. The molecule has 0 saturated carbocycles. The molecule has 1 aromatic heterocycles. The molecule has 2 heterocycles. The molecule has 0 unspecified atom stereocenters. The summed E-state index contributed by atoms with van der Waals surface area (Å²) in [6.07, 6.45) is 4.37. The van der Waals surface area contributed by atoms with Crippen molar-refractivity contribution >= 4 is 39.0 Å². The lowest BCUT2D eigenvalue weighted by molar-refractivity contribution is -0.642. The van der Waals surface area contributed by atoms with Crippen molar-refractivity contribution in [2.24, 2.45) is 7.05 Å². The van der Waals surface area contributed by atoms with Crippen molar-refractivity contribution in [2.45, 2.75) is 6.92 Å². The van der Waals surface area contributed by atoms with Crippen molar-refractivity contribution in [3.63, 3.8) is 0 Å². The van der Waals surface area contributed by atoms with Gasteiger partial charge in [0.05, 0.1) is 7.11 Å². The summed E-state index contributed by atoms with van der Waals surface area (Å²) >= 11 is 1.79. The summed E-state index contributed by atoms with van der Waals surface area (Å²) in [5.74, 6) is 2.43. The van der Waals surface area contributed by atoms with Crippen LogP contribution < -0.4 is 14.0 Å². The first-order chi connectivity index (χ1) is 14.6. The number of methoxy groups -OCH3 is 1. The molecular formula is C26H22NO2S+. The minimum Gasteiger partial charge on any atom is -0.497 e. The van der Waals surface area contributed by atoms with Crippen LogP contribution in [0, 0.1) is 6.92 Å². The van der Waals surface area contributed by atoms with Crippen LogP contribution in [0.3, 0.4) is 0 Å². The van der Waals surface area contributed by atoms with Gasteiger partial charge in [-0.05, 0) is 36.8 Å². The number of ether oxygens (including phenoxy) is 2. The van der Waals surface area contributed by atoms with Crippen LogP contribution in [0.25, 0.3) is 27.6 Å². The van der Waals surface area contributed by atoms with Crippen molar-refractivity contribution in [3.8, 4) is 11.5 Å². The SMILES string of the molecule is COc1ccc2c(c1)OC(c1ccc(C)cc1)=C/C2=C\c1sc2ccccc2[n+]1C. The fourth-order valence-corrected chi connectivity index (χ4v) is 4.78. The van der Waals surface area contributed by atoms with Gasteiger partial charge in [0, 0.05) is 29.3 Å². The van der Waals surface area contributed by atoms with Crippen LogP contribution >= 0.6 is 11.3 Å². The Morgan fingerprint density at radius 3 is 2.57 bits per heavy atom. The van der Waals surface area contributed by atoms with Gasteiger partial charge in [-0.2, -0.15) is 4.57 Å². The normalized spacial score (nSPS) is 14.4. The molecule has 1 aliphatic rings. The Balaban J connectivity index is 1.68. The van der Waals surface area contributed by atoms with Crippen molar-refractivity contribution in [1.82, 2.24) is 0 Å². The molecule has 0 spiro atoms. The number of benzene rings is 3. The molecule has 3 aromatic carbocycles. The number of allylic oxidation sites excluding steroid dienone is 2. The van der Waals surface area contributed by atoms with E-state index in [1.54, 1.807) is 18.4 Å². The predicted octanol–water partition coefficient (Wildman–Crippen LogP) is 6.02. The average molecular weight is 413 g/mol. The second-order valence-corrected chi connectivity index (χ2v) is 8.47. The van der Waals surface area contributed by atoms with E-state index >= 15 is 0 Å². The lowest BCUT2D eigenvalue weighted by atomic mass is 9.98. The van der Waals surface area contributed by atoms with Crippen LogP contribution in [-0.2, 0) is 7.05 Å². The maximum absolute atomic E-state index is 6.29. The van der Waals surface area contributed by atoms with Crippen molar-refractivity contribution in [3.05, 3.63) is 94.5 Å². The number of aryl methyl sites for hydroxylation is 2. The smallest absolute Gasteiger partial charge is 0.263 e. The molecule has 0 aliphatic carbocycles. The van der Waals surface area contributed by atoms with Gasteiger partial charge in [0.25, 0.3) is 5.01 Å². The zero-order valence-electron chi connectivity index (χ0n) is 17.2. The van der Waals surface area contributed by atoms with Gasteiger partial charge >= 0.3 is 0 Å². The van der Waals surface area contributed by atoms with Crippen molar-refractivity contribution in [2.75, 3.05) is 7.11 Å². The Labute approximate surface area is 180 Å². The fraction of sp³-hybridized carbons (Fsp3) is 0.115. The predicted molar refractivity (Wildman–Crippen MR) is 124 cm³/mol. The highest BCUT2D eigenvalue weighted by Gasteiger charge is 2.22. The Hall–Kier alpha value is -3.37. The van der Waals surface area contributed by atoms with Gasteiger partial charge in [0.1, 0.15) is 29.0 Å². The highest BCUT2D eigenvalue weighted by Crippen LogP contribution is 2.40. The highest BCUT2D eigenvalue weighted by molar-refractivity contribution is 7.18. The van der Waals surface area contributed by atoms with E-state index in [2.05, 4.69) is 85.3 Å². The second-order valence-electron chi connectivity index (χ2n) is 7.41. The molecule has 4 heteroatoms. The van der Waals surface area contributed by atoms with Crippen LogP contribution in [0.1, 0.15) is 21.7 Å². The van der Waals surface area contributed by atoms with E-state index in [-0.39, 0.29) is 0 Å². The monoisotopic (exact) mass is 412 g/mol. The third-order valence-corrected chi connectivity index (χ3v) is 6.56. The molecule has 0 saturated heterocycles. The molecule has 3 nitrogen and oxygen atoms in total. The van der Waals surface area contributed by atoms with E-state index in [0.29, 0.717) is 0 Å². The Kier molecular flexibility index (Phi) is 4.64. The van der Waals surface area contributed by atoms with E-state index < -0.39 is 0 Å². The Morgan fingerprint density at radius 2 is 1.80 bits per heavy atom. The molecule has 30 heavy (non-hydrogen) atoms. The first kappa shape index (κ1) is 18.6. The number of hydrogen-bond donors (Lipinski definition) is 0. The molecule has 1 aliphatic heterocycles. The maximum atomic E-state index is 6.29. The molecule has 0 atom stereocenters. The average Bonchev–Trinajstić information content (AvgIpc) is 3.09. The summed E-state index contributed by atoms with van der Waals surface area (Å²) in [5, 5.41) is 1.19. The number of rotatable bonds is 3. The summed E-state index contributed by atoms with van der Waals surface area (Å²) in [4.78, 5) is 0. The molecule has 0 amide bonds. The molecule has 0 fully saturated rings. The van der Waals surface area contributed by atoms with Crippen LogP contribution in [-0.4, -0.2) is 7.11 Å². The zero-order chi connectivity index (χ0) is 20.7. The van der Waals surface area contributed by atoms with Crippen molar-refractivity contribution in [1.29, 1.82) is 0 Å². The number of hydrogen-bond acceptors (Lipinski definition) is 3. The van der Waals surface area contributed by atoms with Crippen LogP contribution in [0.5, 0.6) is 11.5 Å². The number of aromatic nitrogens is 1. The molecule has 4 aromatic rings. The zero-order valence-corrected chi connectivity index (χ0v) is 18.0. The fourth-order valence-electron chi connectivity index (χ4n) is 3.68. The standard InChI is InChI=1S/C26H22NO2S/c1-17-8-10-18(11-9-17)23-14-19(21-13-12-20(28-3)16-24(21)29-23)15-26-27(2)22-6-4-5-7-25(22)30-26/h4-16H,1-3H3/q+1/b19-15+. The second kappa shape index (κ2) is 7.47. The number of fused-ring (bicyclic) bond motifs is 2. The van der Waals surface area contributed by atoms with E-state index in [4.69, 9.17) is 9.47 Å². The van der Waals surface area contributed by atoms with E-state index in [1.165, 1.54) is 20.8 Å². The highest BCUT2D eigenvalue weighted by atomic mass is 32.1. The summed E-state index contributed by atoms with van der Waals surface area (Å²) in [6, 6.07) is 22.9. The maximum Gasteiger partial charge on any atom is 0.263 e. The lowest BCUT2D eigenvalue weighted by Gasteiger charge is -2.21. The third kappa shape index (κ3) is 3.29. The van der Waals surface area contributed by atoms with E-state index in [9.17, 15) is 0 Å². The third-order valence-electron chi connectivity index (χ3n) is 5.39. The van der Waals surface area contributed by atoms with Crippen LogP contribution in [0.4, 0.5) is 0 Å². The van der Waals surface area contributed by atoms with Gasteiger partial charge in [0.2, 0.25) is 5.52 Å². The van der Waals surface area contributed by atoms with Gasteiger partial charge < -0.3 is 9.47 Å². The molecular weight excluding hydrogens is 390 g/mol. The topological polar surface area (TPSA) is 22.3 Å². The summed E-state index contributed by atoms with van der Waals surface area (Å²) < 4.78 is 15.2.